The molecule has 6 heteroatoms. The van der Waals surface area contributed by atoms with Crippen molar-refractivity contribution < 1.29 is 9.53 Å². The van der Waals surface area contributed by atoms with Crippen LogP contribution in [0, 0.1) is 0 Å². The number of rotatable bonds is 6. The Hall–Kier alpha value is -3.43. The van der Waals surface area contributed by atoms with E-state index in [0.717, 1.165) is 15.9 Å². The summed E-state index contributed by atoms with van der Waals surface area (Å²) in [7, 11) is -0.695. The second kappa shape index (κ2) is 9.15. The Kier molecular flexibility index (Phi) is 6.15. The number of esters is 1. The van der Waals surface area contributed by atoms with Crippen LogP contribution in [0.3, 0.4) is 0 Å². The van der Waals surface area contributed by atoms with Crippen LogP contribution in [0.1, 0.15) is 17.3 Å². The quantitative estimate of drug-likeness (QED) is 0.337. The van der Waals surface area contributed by atoms with Crippen LogP contribution in [-0.4, -0.2) is 22.4 Å². The van der Waals surface area contributed by atoms with Crippen LogP contribution in [-0.2, 0) is 11.8 Å². The average molecular weight is 429 g/mol. The fourth-order valence-corrected chi connectivity index (χ4v) is 7.17. The van der Waals surface area contributed by atoms with Gasteiger partial charge in [-0.3, -0.25) is 4.68 Å². The van der Waals surface area contributed by atoms with Crippen molar-refractivity contribution in [2.75, 3.05) is 6.61 Å². The molecule has 0 spiro atoms. The zero-order chi connectivity index (χ0) is 21.7. The smallest absolute Gasteiger partial charge is 0.343 e. The number of ether oxygens (including phenoxy) is 1. The van der Waals surface area contributed by atoms with Crippen LogP contribution in [0.2, 0.25) is 0 Å². The molecular formula is C25H24N3O2P. The van der Waals surface area contributed by atoms with Crippen LogP contribution in [0.5, 0.6) is 0 Å². The van der Waals surface area contributed by atoms with Crippen molar-refractivity contribution in [3.05, 3.63) is 103 Å². The predicted molar refractivity (Wildman–Crippen MR) is 126 cm³/mol. The van der Waals surface area contributed by atoms with Gasteiger partial charge in [-0.25, -0.2) is 9.54 Å². The molecule has 1 aromatic heterocycles. The van der Waals surface area contributed by atoms with E-state index < -0.39 is 13.0 Å². The summed E-state index contributed by atoms with van der Waals surface area (Å²) in [6.45, 7) is 2.09. The lowest BCUT2D eigenvalue weighted by atomic mass is 10.3. The number of hydrogen-bond acceptors (Lipinski definition) is 4. The second-order valence-electron chi connectivity index (χ2n) is 6.97. The Morgan fingerprint density at radius 3 is 1.74 bits per heavy atom. The van der Waals surface area contributed by atoms with Crippen molar-refractivity contribution in [3.8, 4) is 0 Å². The van der Waals surface area contributed by atoms with Crippen molar-refractivity contribution in [2.45, 2.75) is 6.92 Å². The summed E-state index contributed by atoms with van der Waals surface area (Å²) in [6, 6.07) is 30.8. The van der Waals surface area contributed by atoms with Gasteiger partial charge in [0.05, 0.1) is 19.9 Å². The number of carbonyl (C=O) groups is 1. The first-order valence-corrected chi connectivity index (χ1v) is 11.9. The van der Waals surface area contributed by atoms with Crippen LogP contribution in [0.4, 0.5) is 5.82 Å². The molecule has 0 fully saturated rings. The minimum Gasteiger partial charge on any atom is -0.462 e. The van der Waals surface area contributed by atoms with Gasteiger partial charge in [-0.05, 0) is 6.92 Å². The number of hydrogen-bond donors (Lipinski definition) is 0. The van der Waals surface area contributed by atoms with Crippen molar-refractivity contribution in [1.29, 1.82) is 0 Å². The predicted octanol–water partition coefficient (Wildman–Crippen LogP) is 4.41. The third-order valence-electron chi connectivity index (χ3n) is 5.04. The minimum atomic E-state index is -2.50. The molecule has 0 aliphatic carbocycles. The van der Waals surface area contributed by atoms with E-state index in [0.29, 0.717) is 18.0 Å². The Balaban J connectivity index is 2.12. The van der Waals surface area contributed by atoms with Gasteiger partial charge >= 0.3 is 5.97 Å². The first kappa shape index (κ1) is 20.8. The summed E-state index contributed by atoms with van der Waals surface area (Å²) < 4.78 is 12.3. The van der Waals surface area contributed by atoms with Crippen LogP contribution >= 0.6 is 7.05 Å². The van der Waals surface area contributed by atoms with Gasteiger partial charge in [0, 0.05) is 23.0 Å². The van der Waals surface area contributed by atoms with E-state index >= 15 is 0 Å². The summed E-state index contributed by atoms with van der Waals surface area (Å²) >= 11 is 0. The Labute approximate surface area is 182 Å². The first-order chi connectivity index (χ1) is 15.2. The monoisotopic (exact) mass is 429 g/mol. The van der Waals surface area contributed by atoms with Gasteiger partial charge in [0.2, 0.25) is 0 Å². The van der Waals surface area contributed by atoms with E-state index in [1.807, 2.05) is 54.6 Å². The third kappa shape index (κ3) is 3.97. The van der Waals surface area contributed by atoms with Gasteiger partial charge in [-0.1, -0.05) is 91.0 Å². The highest BCUT2D eigenvalue weighted by atomic mass is 31.2. The number of aromatic nitrogens is 2. The van der Waals surface area contributed by atoms with Crippen molar-refractivity contribution in [1.82, 2.24) is 9.78 Å². The molecule has 0 saturated carbocycles. The highest BCUT2D eigenvalue weighted by Crippen LogP contribution is 2.49. The molecule has 4 aromatic rings. The number of benzene rings is 3. The molecule has 5 nitrogen and oxygen atoms in total. The molecule has 0 bridgehead atoms. The molecule has 31 heavy (non-hydrogen) atoms. The molecule has 0 aliphatic heterocycles. The molecule has 156 valence electrons. The molecule has 0 N–H and O–H groups in total. The maximum absolute atomic E-state index is 12.7. The fraction of sp³-hybridized carbons (Fsp3) is 0.120. The standard InChI is InChI=1S/C25H24N3O2P/c1-3-30-25(29)23-19-26-28(2)24(23)27-31(20-13-7-4-8-14-20,21-15-9-5-10-16-21)22-17-11-6-12-18-22/h4-19H,3H2,1-2H3. The molecule has 0 amide bonds. The summed E-state index contributed by atoms with van der Waals surface area (Å²) in [5.41, 5.74) is 0.372. The number of nitrogens with zero attached hydrogens (tertiary/aromatic N) is 3. The van der Waals surface area contributed by atoms with Crippen LogP contribution in [0.25, 0.3) is 0 Å². The average Bonchev–Trinajstić information content (AvgIpc) is 3.19. The molecule has 0 unspecified atom stereocenters. The maximum atomic E-state index is 12.7. The van der Waals surface area contributed by atoms with Gasteiger partial charge < -0.3 is 4.74 Å². The Morgan fingerprint density at radius 1 is 0.871 bits per heavy atom. The maximum Gasteiger partial charge on any atom is 0.343 e. The molecule has 1 heterocycles. The summed E-state index contributed by atoms with van der Waals surface area (Å²) in [6.07, 6.45) is 1.53. The van der Waals surface area contributed by atoms with E-state index in [1.165, 1.54) is 6.20 Å². The molecule has 0 radical (unpaired) electrons. The van der Waals surface area contributed by atoms with Gasteiger partial charge in [0.15, 0.2) is 5.82 Å². The van der Waals surface area contributed by atoms with Crippen molar-refractivity contribution >= 4 is 34.8 Å². The summed E-state index contributed by atoms with van der Waals surface area (Å²) in [5.74, 6) is 0.102. The largest absolute Gasteiger partial charge is 0.462 e. The first-order valence-electron chi connectivity index (χ1n) is 10.1. The zero-order valence-corrected chi connectivity index (χ0v) is 18.4. The number of aryl methyl sites for hydroxylation is 1. The van der Waals surface area contributed by atoms with Gasteiger partial charge in [-0.15, -0.1) is 0 Å². The lowest BCUT2D eigenvalue weighted by Crippen LogP contribution is -2.25. The van der Waals surface area contributed by atoms with Gasteiger partial charge in [0.25, 0.3) is 0 Å². The van der Waals surface area contributed by atoms with E-state index in [-0.39, 0.29) is 0 Å². The van der Waals surface area contributed by atoms with E-state index in [1.54, 1.807) is 18.7 Å². The van der Waals surface area contributed by atoms with Gasteiger partial charge in [0.1, 0.15) is 5.56 Å². The normalized spacial score (nSPS) is 11.2. The van der Waals surface area contributed by atoms with Crippen molar-refractivity contribution in [3.63, 3.8) is 0 Å². The van der Waals surface area contributed by atoms with E-state index in [2.05, 4.69) is 41.5 Å². The third-order valence-corrected chi connectivity index (χ3v) is 8.66. The van der Waals surface area contributed by atoms with Crippen molar-refractivity contribution in [2.24, 2.45) is 11.8 Å². The highest BCUT2D eigenvalue weighted by molar-refractivity contribution is 7.87. The Morgan fingerprint density at radius 2 is 1.32 bits per heavy atom. The van der Waals surface area contributed by atoms with E-state index in [9.17, 15) is 4.79 Å². The zero-order valence-electron chi connectivity index (χ0n) is 17.6. The topological polar surface area (TPSA) is 56.5 Å². The molecule has 0 saturated heterocycles. The molecule has 0 atom stereocenters. The van der Waals surface area contributed by atoms with Crippen LogP contribution in [0.15, 0.2) is 102 Å². The number of carbonyl (C=O) groups excluding carboxylic acids is 1. The summed E-state index contributed by atoms with van der Waals surface area (Å²) in [5, 5.41) is 7.63. The minimum absolute atomic E-state index is 0.295. The lowest BCUT2D eigenvalue weighted by Gasteiger charge is -2.27. The summed E-state index contributed by atoms with van der Waals surface area (Å²) in [4.78, 5) is 12.7. The lowest BCUT2D eigenvalue weighted by molar-refractivity contribution is 0.0527. The highest BCUT2D eigenvalue weighted by Gasteiger charge is 2.29. The SMILES string of the molecule is CCOC(=O)c1cnn(C)c1N=P(c1ccccc1)(c1ccccc1)c1ccccc1. The fourth-order valence-electron chi connectivity index (χ4n) is 3.60. The molecular weight excluding hydrogens is 405 g/mol. The molecule has 0 aliphatic rings. The second-order valence-corrected chi connectivity index (χ2v) is 9.99. The van der Waals surface area contributed by atoms with Crippen LogP contribution < -0.4 is 15.9 Å². The van der Waals surface area contributed by atoms with E-state index in [4.69, 9.17) is 9.48 Å². The molecule has 3 aromatic carbocycles. The Bertz CT molecular complexity index is 1120. The van der Waals surface area contributed by atoms with Gasteiger partial charge in [-0.2, -0.15) is 5.10 Å². The molecule has 4 rings (SSSR count).